The zero-order valence-electron chi connectivity index (χ0n) is 18.0. The number of para-hydroxylation sites is 1. The highest BCUT2D eigenvalue weighted by Gasteiger charge is 2.45. The van der Waals surface area contributed by atoms with Crippen LogP contribution < -0.4 is 5.32 Å². The number of nitrogens with zero attached hydrogens (tertiary/aromatic N) is 3. The first-order valence-corrected chi connectivity index (χ1v) is 11.0. The van der Waals surface area contributed by atoms with Gasteiger partial charge in [0.1, 0.15) is 5.60 Å². The molecule has 0 bridgehead atoms. The second-order valence-corrected chi connectivity index (χ2v) is 8.72. The number of amides is 1. The molecule has 0 aliphatic carbocycles. The Bertz CT molecular complexity index is 895. The van der Waals surface area contributed by atoms with Gasteiger partial charge >= 0.3 is 0 Å². The second kappa shape index (κ2) is 9.28. The molecule has 4 heterocycles. The topological polar surface area (TPSA) is 68.6 Å². The van der Waals surface area contributed by atoms with E-state index < -0.39 is 0 Å². The van der Waals surface area contributed by atoms with Crippen molar-refractivity contribution in [3.05, 3.63) is 47.8 Å². The van der Waals surface area contributed by atoms with E-state index in [1.54, 1.807) is 7.11 Å². The standard InChI is InChI=1S/C23H30N4O3.ClH/c1-29-16-17-13-20(24-14-17)22(28)26-10-8-23(9-11-26)21-18(7-12-30-23)15-27(25-21)19-5-3-2-4-6-19;/h2-6,15,17,20,24H,7-14,16H2,1H3;1H/t17-,20-;/m0./s1. The van der Waals surface area contributed by atoms with Crippen LogP contribution in [0.4, 0.5) is 0 Å². The van der Waals surface area contributed by atoms with Crippen LogP contribution in [0.25, 0.3) is 5.69 Å². The Morgan fingerprint density at radius 2 is 2.06 bits per heavy atom. The molecule has 3 aliphatic rings. The van der Waals surface area contributed by atoms with Gasteiger partial charge in [-0.05, 0) is 49.3 Å². The number of carbonyl (C=O) groups excluding carboxylic acids is 1. The number of rotatable bonds is 4. The lowest BCUT2D eigenvalue weighted by atomic mass is 9.83. The number of carbonyl (C=O) groups is 1. The Morgan fingerprint density at radius 1 is 1.29 bits per heavy atom. The number of ether oxygens (including phenoxy) is 2. The number of methoxy groups -OCH3 is 1. The van der Waals surface area contributed by atoms with Gasteiger partial charge in [-0.2, -0.15) is 5.10 Å². The maximum Gasteiger partial charge on any atom is 0.239 e. The van der Waals surface area contributed by atoms with Gasteiger partial charge in [-0.3, -0.25) is 4.79 Å². The SMILES string of the molecule is COC[C@@H]1CN[C@H](C(=O)N2CCC3(CC2)OCCc2cn(-c4ccccc4)nc23)C1.Cl. The number of nitrogens with one attached hydrogen (secondary N) is 1. The molecule has 1 aromatic heterocycles. The molecule has 2 aromatic rings. The van der Waals surface area contributed by atoms with Gasteiger partial charge < -0.3 is 19.7 Å². The smallest absolute Gasteiger partial charge is 0.239 e. The normalized spacial score (nSPS) is 24.6. The lowest BCUT2D eigenvalue weighted by Crippen LogP contribution is -2.52. The summed E-state index contributed by atoms with van der Waals surface area (Å²) in [6, 6.07) is 10.1. The van der Waals surface area contributed by atoms with Crippen molar-refractivity contribution in [1.29, 1.82) is 0 Å². The summed E-state index contributed by atoms with van der Waals surface area (Å²) in [6.07, 6.45) is 5.48. The van der Waals surface area contributed by atoms with Crippen molar-refractivity contribution in [2.45, 2.75) is 37.3 Å². The van der Waals surface area contributed by atoms with Crippen LogP contribution in [0.15, 0.2) is 36.5 Å². The number of hydrogen-bond acceptors (Lipinski definition) is 5. The van der Waals surface area contributed by atoms with E-state index in [4.69, 9.17) is 14.6 Å². The first-order chi connectivity index (χ1) is 14.7. The molecule has 2 fully saturated rings. The minimum absolute atomic E-state index is 0. The zero-order chi connectivity index (χ0) is 20.6. The fourth-order valence-corrected chi connectivity index (χ4v) is 5.16. The fraction of sp³-hybridized carbons (Fsp3) is 0.565. The molecule has 31 heavy (non-hydrogen) atoms. The molecule has 168 valence electrons. The molecule has 8 heteroatoms. The van der Waals surface area contributed by atoms with Gasteiger partial charge in [-0.1, -0.05) is 18.2 Å². The Kier molecular flexibility index (Phi) is 6.67. The minimum atomic E-state index is -0.369. The monoisotopic (exact) mass is 446 g/mol. The van der Waals surface area contributed by atoms with Crippen LogP contribution in [0, 0.1) is 5.92 Å². The van der Waals surface area contributed by atoms with Gasteiger partial charge in [-0.15, -0.1) is 12.4 Å². The Balaban J connectivity index is 0.00000231. The molecule has 0 saturated carbocycles. The van der Waals surface area contributed by atoms with Gasteiger partial charge in [0, 0.05) is 32.9 Å². The molecule has 5 rings (SSSR count). The molecule has 0 unspecified atom stereocenters. The van der Waals surface area contributed by atoms with Gasteiger partial charge in [0.25, 0.3) is 0 Å². The highest BCUT2D eigenvalue weighted by molar-refractivity contribution is 5.85. The molecule has 1 aromatic carbocycles. The summed E-state index contributed by atoms with van der Waals surface area (Å²) in [7, 11) is 1.72. The van der Waals surface area contributed by atoms with Crippen LogP contribution in [0.1, 0.15) is 30.5 Å². The molecule has 0 radical (unpaired) electrons. The van der Waals surface area contributed by atoms with Crippen molar-refractivity contribution < 1.29 is 14.3 Å². The maximum absolute atomic E-state index is 13.0. The molecule has 1 N–H and O–H groups in total. The minimum Gasteiger partial charge on any atom is -0.384 e. The number of likely N-dealkylation sites (tertiary alicyclic amines) is 1. The number of fused-ring (bicyclic) bond motifs is 2. The Hall–Kier alpha value is -1.93. The summed E-state index contributed by atoms with van der Waals surface area (Å²) in [5.74, 6) is 0.639. The molecule has 1 amide bonds. The average Bonchev–Trinajstić information content (AvgIpc) is 3.43. The lowest BCUT2D eigenvalue weighted by Gasteiger charge is -2.43. The summed E-state index contributed by atoms with van der Waals surface area (Å²) in [6.45, 7) is 3.70. The molecule has 2 saturated heterocycles. The quantitative estimate of drug-likeness (QED) is 0.780. The number of halogens is 1. The number of piperidine rings is 1. The van der Waals surface area contributed by atoms with E-state index in [2.05, 4.69) is 23.6 Å². The van der Waals surface area contributed by atoms with Crippen molar-refractivity contribution in [2.75, 3.05) is 40.0 Å². The van der Waals surface area contributed by atoms with E-state index in [9.17, 15) is 4.79 Å². The van der Waals surface area contributed by atoms with E-state index in [1.807, 2.05) is 27.8 Å². The number of aromatic nitrogens is 2. The zero-order valence-corrected chi connectivity index (χ0v) is 18.8. The van der Waals surface area contributed by atoms with Crippen molar-refractivity contribution in [3.63, 3.8) is 0 Å². The van der Waals surface area contributed by atoms with Crippen molar-refractivity contribution in [3.8, 4) is 5.69 Å². The van der Waals surface area contributed by atoms with Crippen LogP contribution >= 0.6 is 12.4 Å². The first kappa shape index (κ1) is 22.3. The fourth-order valence-electron chi connectivity index (χ4n) is 5.16. The van der Waals surface area contributed by atoms with E-state index in [1.165, 1.54) is 5.56 Å². The van der Waals surface area contributed by atoms with Crippen molar-refractivity contribution in [2.24, 2.45) is 5.92 Å². The summed E-state index contributed by atoms with van der Waals surface area (Å²) >= 11 is 0. The van der Waals surface area contributed by atoms with E-state index >= 15 is 0 Å². The van der Waals surface area contributed by atoms with Crippen molar-refractivity contribution in [1.82, 2.24) is 20.0 Å². The van der Waals surface area contributed by atoms with E-state index in [-0.39, 0.29) is 30.0 Å². The summed E-state index contributed by atoms with van der Waals surface area (Å²) in [5.41, 5.74) is 3.02. The van der Waals surface area contributed by atoms with Crippen LogP contribution in [-0.4, -0.2) is 66.6 Å². The molecule has 3 aliphatic heterocycles. The van der Waals surface area contributed by atoms with Crippen LogP contribution in [0.2, 0.25) is 0 Å². The predicted octanol–water partition coefficient (Wildman–Crippen LogP) is 2.31. The summed E-state index contributed by atoms with van der Waals surface area (Å²) < 4.78 is 13.6. The average molecular weight is 447 g/mol. The molecule has 1 spiro atoms. The van der Waals surface area contributed by atoms with Crippen LogP contribution in [-0.2, 0) is 26.3 Å². The van der Waals surface area contributed by atoms with Crippen LogP contribution in [0.3, 0.4) is 0 Å². The number of benzene rings is 1. The highest BCUT2D eigenvalue weighted by atomic mass is 35.5. The first-order valence-electron chi connectivity index (χ1n) is 11.0. The summed E-state index contributed by atoms with van der Waals surface area (Å²) in [4.78, 5) is 15.0. The van der Waals surface area contributed by atoms with Crippen LogP contribution in [0.5, 0.6) is 0 Å². The van der Waals surface area contributed by atoms with E-state index in [0.29, 0.717) is 32.2 Å². The Morgan fingerprint density at radius 3 is 2.81 bits per heavy atom. The Labute approximate surface area is 189 Å². The molecular weight excluding hydrogens is 416 g/mol. The predicted molar refractivity (Wildman–Crippen MR) is 120 cm³/mol. The van der Waals surface area contributed by atoms with Gasteiger partial charge in [0.05, 0.1) is 30.6 Å². The van der Waals surface area contributed by atoms with Crippen molar-refractivity contribution >= 4 is 18.3 Å². The largest absolute Gasteiger partial charge is 0.384 e. The third-order valence-corrected chi connectivity index (χ3v) is 6.80. The second-order valence-electron chi connectivity index (χ2n) is 8.72. The lowest BCUT2D eigenvalue weighted by molar-refractivity contribution is -0.143. The van der Waals surface area contributed by atoms with Gasteiger partial charge in [0.2, 0.25) is 5.91 Å². The summed E-state index contributed by atoms with van der Waals surface area (Å²) in [5, 5.41) is 8.32. The van der Waals surface area contributed by atoms with E-state index in [0.717, 1.165) is 43.6 Å². The molecule has 2 atom stereocenters. The molecular formula is C23H31ClN4O3. The van der Waals surface area contributed by atoms with Gasteiger partial charge in [0.15, 0.2) is 0 Å². The third-order valence-electron chi connectivity index (χ3n) is 6.80. The molecule has 7 nitrogen and oxygen atoms in total. The highest BCUT2D eigenvalue weighted by Crippen LogP contribution is 2.41. The number of hydrogen-bond donors (Lipinski definition) is 1. The third kappa shape index (κ3) is 4.24. The van der Waals surface area contributed by atoms with Gasteiger partial charge in [-0.25, -0.2) is 4.68 Å². The maximum atomic E-state index is 13.0.